The Morgan fingerprint density at radius 3 is 2.63 bits per heavy atom. The fourth-order valence-corrected chi connectivity index (χ4v) is 4.41. The summed E-state index contributed by atoms with van der Waals surface area (Å²) in [6.45, 7) is 2.83. The average Bonchev–Trinajstić information content (AvgIpc) is 3.24. The molecule has 5 rings (SSSR count). The van der Waals surface area contributed by atoms with Gasteiger partial charge in [-0.3, -0.25) is 0 Å². The molecule has 3 aromatic rings. The maximum absolute atomic E-state index is 6.45. The zero-order chi connectivity index (χ0) is 20.5. The minimum Gasteiger partial charge on any atom is -0.494 e. The topological polar surface area (TPSA) is 34.1 Å². The quantitative estimate of drug-likeness (QED) is 0.434. The Morgan fingerprint density at radius 2 is 1.87 bits per heavy atom. The van der Waals surface area contributed by atoms with Crippen LogP contribution in [0, 0.1) is 0 Å². The lowest BCUT2D eigenvalue weighted by atomic mass is 9.96. The zero-order valence-electron chi connectivity index (χ0n) is 16.8. The minimum atomic E-state index is -0.273. The van der Waals surface area contributed by atoms with E-state index in [9.17, 15) is 0 Å². The number of rotatable bonds is 5. The maximum atomic E-state index is 6.45. The van der Waals surface area contributed by atoms with E-state index in [4.69, 9.17) is 14.6 Å². The van der Waals surface area contributed by atoms with Crippen LogP contribution >= 0.6 is 15.9 Å². The van der Waals surface area contributed by atoms with Crippen molar-refractivity contribution in [3.63, 3.8) is 0 Å². The van der Waals surface area contributed by atoms with Crippen LogP contribution in [0.2, 0.25) is 0 Å². The molecule has 0 aromatic heterocycles. The molecule has 2 atom stereocenters. The summed E-state index contributed by atoms with van der Waals surface area (Å²) in [5.74, 6) is 1.80. The summed E-state index contributed by atoms with van der Waals surface area (Å²) in [5.41, 5.74) is 4.48. The van der Waals surface area contributed by atoms with E-state index in [1.54, 1.807) is 0 Å². The third kappa shape index (κ3) is 3.58. The number of benzene rings is 3. The zero-order valence-corrected chi connectivity index (χ0v) is 18.4. The fourth-order valence-electron chi connectivity index (χ4n) is 4.03. The Kier molecular flexibility index (Phi) is 5.21. The third-order valence-electron chi connectivity index (χ3n) is 5.50. The molecule has 0 fully saturated rings. The van der Waals surface area contributed by atoms with Crippen molar-refractivity contribution in [3.05, 3.63) is 94.0 Å². The van der Waals surface area contributed by atoms with Crippen molar-refractivity contribution in [1.29, 1.82) is 0 Å². The van der Waals surface area contributed by atoms with Crippen LogP contribution in [0.5, 0.6) is 11.5 Å². The number of halogens is 1. The number of hydrogen-bond acceptors (Lipinski definition) is 4. The summed E-state index contributed by atoms with van der Waals surface area (Å²) in [5, 5.41) is 7.13. The van der Waals surface area contributed by atoms with E-state index in [0.29, 0.717) is 0 Å². The SMILES string of the molecule is CCCOc1ccc([C@H]2Oc3ccc(Br)cc3[C@H]3CC(c4ccccc4)=NN32)cc1. The second-order valence-electron chi connectivity index (χ2n) is 7.58. The number of nitrogens with zero attached hydrogens (tertiary/aromatic N) is 2. The van der Waals surface area contributed by atoms with Crippen molar-refractivity contribution < 1.29 is 9.47 Å². The minimum absolute atomic E-state index is 0.141. The maximum Gasteiger partial charge on any atom is 0.213 e. The molecule has 2 aliphatic rings. The van der Waals surface area contributed by atoms with Crippen molar-refractivity contribution in [2.75, 3.05) is 6.61 Å². The summed E-state index contributed by atoms with van der Waals surface area (Å²) in [6, 6.07) is 24.9. The van der Waals surface area contributed by atoms with Crippen LogP contribution in [0.15, 0.2) is 82.4 Å². The van der Waals surface area contributed by atoms with Gasteiger partial charge in [0.05, 0.1) is 18.4 Å². The molecule has 0 N–H and O–H groups in total. The van der Waals surface area contributed by atoms with Crippen molar-refractivity contribution in [1.82, 2.24) is 5.01 Å². The lowest BCUT2D eigenvalue weighted by molar-refractivity contribution is -0.0191. The molecular weight excluding hydrogens is 440 g/mol. The lowest BCUT2D eigenvalue weighted by Gasteiger charge is -2.38. The molecule has 0 amide bonds. The van der Waals surface area contributed by atoms with Crippen molar-refractivity contribution in [2.45, 2.75) is 32.0 Å². The number of ether oxygens (including phenoxy) is 2. The molecular formula is C25H23BrN2O2. The van der Waals surface area contributed by atoms with Gasteiger partial charge in [-0.2, -0.15) is 5.10 Å². The second-order valence-corrected chi connectivity index (χ2v) is 8.50. The van der Waals surface area contributed by atoms with Crippen LogP contribution in [-0.2, 0) is 0 Å². The summed E-state index contributed by atoms with van der Waals surface area (Å²) in [6.07, 6.45) is 1.57. The first-order valence-corrected chi connectivity index (χ1v) is 11.1. The van der Waals surface area contributed by atoms with Crippen LogP contribution in [0.4, 0.5) is 0 Å². The second kappa shape index (κ2) is 8.15. The Morgan fingerprint density at radius 1 is 1.07 bits per heavy atom. The van der Waals surface area contributed by atoms with Gasteiger partial charge in [-0.25, -0.2) is 5.01 Å². The van der Waals surface area contributed by atoms with Crippen LogP contribution in [0.1, 0.15) is 48.7 Å². The molecule has 152 valence electrons. The van der Waals surface area contributed by atoms with Gasteiger partial charge in [0.15, 0.2) is 0 Å². The van der Waals surface area contributed by atoms with Crippen molar-refractivity contribution in [2.24, 2.45) is 5.10 Å². The molecule has 2 heterocycles. The fraction of sp³-hybridized carbons (Fsp3) is 0.240. The molecule has 0 bridgehead atoms. The van der Waals surface area contributed by atoms with E-state index in [-0.39, 0.29) is 12.3 Å². The first-order chi connectivity index (χ1) is 14.7. The van der Waals surface area contributed by atoms with Crippen LogP contribution < -0.4 is 9.47 Å². The normalized spacial score (nSPS) is 19.5. The highest BCUT2D eigenvalue weighted by Gasteiger charge is 2.41. The van der Waals surface area contributed by atoms with Gasteiger partial charge in [-0.1, -0.05) is 53.2 Å². The van der Waals surface area contributed by atoms with Crippen LogP contribution in [0.3, 0.4) is 0 Å². The van der Waals surface area contributed by atoms with Crippen LogP contribution in [0.25, 0.3) is 0 Å². The third-order valence-corrected chi connectivity index (χ3v) is 5.99. The molecule has 0 radical (unpaired) electrons. The van der Waals surface area contributed by atoms with Gasteiger partial charge in [-0.15, -0.1) is 0 Å². The van der Waals surface area contributed by atoms with Crippen LogP contribution in [-0.4, -0.2) is 17.3 Å². The Hall–Kier alpha value is -2.79. The predicted molar refractivity (Wildman–Crippen MR) is 122 cm³/mol. The van der Waals surface area contributed by atoms with Crippen molar-refractivity contribution >= 4 is 21.6 Å². The van der Waals surface area contributed by atoms with Gasteiger partial charge in [0.1, 0.15) is 11.5 Å². The van der Waals surface area contributed by atoms with Gasteiger partial charge in [0, 0.05) is 22.0 Å². The summed E-state index contributed by atoms with van der Waals surface area (Å²) in [4.78, 5) is 0. The first-order valence-electron chi connectivity index (χ1n) is 10.3. The number of hydrazone groups is 1. The van der Waals surface area contributed by atoms with E-state index < -0.39 is 0 Å². The average molecular weight is 463 g/mol. The summed E-state index contributed by atoms with van der Waals surface area (Å²) in [7, 11) is 0. The van der Waals surface area contributed by atoms with E-state index in [1.807, 2.05) is 30.3 Å². The Labute approximate surface area is 185 Å². The molecule has 0 saturated heterocycles. The summed E-state index contributed by atoms with van der Waals surface area (Å²) < 4.78 is 13.2. The smallest absolute Gasteiger partial charge is 0.213 e. The molecule has 0 unspecified atom stereocenters. The van der Waals surface area contributed by atoms with E-state index >= 15 is 0 Å². The van der Waals surface area contributed by atoms with Gasteiger partial charge < -0.3 is 9.47 Å². The molecule has 3 aromatic carbocycles. The molecule has 0 aliphatic carbocycles. The monoisotopic (exact) mass is 462 g/mol. The van der Waals surface area contributed by atoms with Gasteiger partial charge in [0.2, 0.25) is 6.23 Å². The lowest BCUT2D eigenvalue weighted by Crippen LogP contribution is -2.33. The Bertz CT molecular complexity index is 1070. The highest BCUT2D eigenvalue weighted by Crippen LogP contribution is 2.48. The number of fused-ring (bicyclic) bond motifs is 3. The highest BCUT2D eigenvalue weighted by molar-refractivity contribution is 9.10. The molecule has 2 aliphatic heterocycles. The molecule has 4 nitrogen and oxygen atoms in total. The largest absolute Gasteiger partial charge is 0.494 e. The molecule has 0 saturated carbocycles. The van der Waals surface area contributed by atoms with Gasteiger partial charge in [-0.05, 0) is 54.4 Å². The molecule has 30 heavy (non-hydrogen) atoms. The van der Waals surface area contributed by atoms with Crippen molar-refractivity contribution in [3.8, 4) is 11.5 Å². The molecule has 5 heteroatoms. The summed E-state index contributed by atoms with van der Waals surface area (Å²) >= 11 is 3.61. The molecule has 0 spiro atoms. The van der Waals surface area contributed by atoms with Gasteiger partial charge >= 0.3 is 0 Å². The first kappa shape index (κ1) is 19.2. The van der Waals surface area contributed by atoms with Gasteiger partial charge in [0.25, 0.3) is 0 Å². The highest BCUT2D eigenvalue weighted by atomic mass is 79.9. The predicted octanol–water partition coefficient (Wildman–Crippen LogP) is 6.48. The van der Waals surface area contributed by atoms with E-state index in [0.717, 1.165) is 52.3 Å². The van der Waals surface area contributed by atoms with E-state index in [2.05, 4.69) is 70.3 Å². The number of hydrogen-bond donors (Lipinski definition) is 0. The Balaban J connectivity index is 1.52. The standard InChI is InChI=1S/C25H23BrN2O2/c1-2-14-29-20-11-8-18(9-12-20)25-28-23(21-15-19(26)10-13-24(21)30-25)16-22(27-28)17-6-4-3-5-7-17/h3-13,15,23,25H,2,14,16H2,1H3/t23-,25-/m1/s1. The van der Waals surface area contributed by atoms with E-state index in [1.165, 1.54) is 5.56 Å².